The Balaban J connectivity index is 1.43. The van der Waals surface area contributed by atoms with Gasteiger partial charge in [0.15, 0.2) is 0 Å². The van der Waals surface area contributed by atoms with Crippen LogP contribution in [0.2, 0.25) is 0 Å². The number of hydrogen-bond donors (Lipinski definition) is 3. The van der Waals surface area contributed by atoms with Crippen LogP contribution in [0.25, 0.3) is 11.3 Å². The Morgan fingerprint density at radius 1 is 0.886 bits per heavy atom. The van der Waals surface area contributed by atoms with Crippen LogP contribution >= 0.6 is 0 Å². The number of rotatable bonds is 6. The van der Waals surface area contributed by atoms with E-state index in [-0.39, 0.29) is 16.9 Å². The van der Waals surface area contributed by atoms with Crippen molar-refractivity contribution >= 4 is 23.2 Å². The zero-order valence-electron chi connectivity index (χ0n) is 18.3. The Kier molecular flexibility index (Phi) is 6.76. The largest absolute Gasteiger partial charge is 0.439 e. The molecule has 0 unspecified atom stereocenters. The van der Waals surface area contributed by atoms with Gasteiger partial charge in [-0.05, 0) is 48.5 Å². The molecule has 3 N–H and O–H groups in total. The maximum absolute atomic E-state index is 13.7. The van der Waals surface area contributed by atoms with E-state index in [9.17, 15) is 18.0 Å². The van der Waals surface area contributed by atoms with E-state index < -0.39 is 17.8 Å². The normalized spacial score (nSPS) is 11.0. The molecule has 0 aliphatic heterocycles. The van der Waals surface area contributed by atoms with Crippen LogP contribution in [0.1, 0.15) is 5.56 Å². The van der Waals surface area contributed by atoms with Gasteiger partial charge in [0.2, 0.25) is 5.88 Å². The highest BCUT2D eigenvalue weighted by atomic mass is 19.4. The Bertz CT molecular complexity index is 1320. The van der Waals surface area contributed by atoms with Gasteiger partial charge in [-0.15, -0.1) is 0 Å². The SMILES string of the molecule is CNc1cc(Oc2ccc(NC(=O)Nc3ccc(-c4ccccn4)c(C(F)(F)F)c3)cc2)ncn1. The summed E-state index contributed by atoms with van der Waals surface area (Å²) in [6, 6.07) is 15.6. The van der Waals surface area contributed by atoms with E-state index in [1.54, 1.807) is 49.5 Å². The molecular weight excluding hydrogens is 461 g/mol. The molecule has 0 aliphatic rings. The van der Waals surface area contributed by atoms with E-state index in [2.05, 4.69) is 30.9 Å². The van der Waals surface area contributed by atoms with Gasteiger partial charge in [0.25, 0.3) is 0 Å². The van der Waals surface area contributed by atoms with Crippen molar-refractivity contribution in [2.45, 2.75) is 6.18 Å². The number of urea groups is 1. The number of aromatic nitrogens is 3. The lowest BCUT2D eigenvalue weighted by Gasteiger charge is -2.15. The van der Waals surface area contributed by atoms with Gasteiger partial charge in [0.05, 0.1) is 11.3 Å². The number of hydrogen-bond acceptors (Lipinski definition) is 6. The average molecular weight is 480 g/mol. The van der Waals surface area contributed by atoms with Gasteiger partial charge in [0.1, 0.15) is 17.9 Å². The van der Waals surface area contributed by atoms with Crippen molar-refractivity contribution in [3.8, 4) is 22.9 Å². The number of pyridine rings is 1. The average Bonchev–Trinajstić information content (AvgIpc) is 2.85. The second kappa shape index (κ2) is 10.1. The highest BCUT2D eigenvalue weighted by Gasteiger charge is 2.34. The molecule has 0 atom stereocenters. The molecule has 0 bridgehead atoms. The van der Waals surface area contributed by atoms with Gasteiger partial charge in [-0.1, -0.05) is 12.1 Å². The lowest BCUT2D eigenvalue weighted by molar-refractivity contribution is -0.137. The zero-order chi connectivity index (χ0) is 24.8. The first-order valence-electron chi connectivity index (χ1n) is 10.3. The van der Waals surface area contributed by atoms with E-state index in [1.807, 2.05) is 0 Å². The molecule has 2 aromatic heterocycles. The monoisotopic (exact) mass is 480 g/mol. The first-order valence-corrected chi connectivity index (χ1v) is 10.3. The molecule has 35 heavy (non-hydrogen) atoms. The molecule has 178 valence electrons. The summed E-state index contributed by atoms with van der Waals surface area (Å²) >= 11 is 0. The zero-order valence-corrected chi connectivity index (χ0v) is 18.3. The van der Waals surface area contributed by atoms with E-state index >= 15 is 0 Å². The number of anilines is 3. The van der Waals surface area contributed by atoms with Gasteiger partial charge in [-0.3, -0.25) is 4.98 Å². The topological polar surface area (TPSA) is 101 Å². The quantitative estimate of drug-likeness (QED) is 0.311. The predicted octanol–water partition coefficient (Wildman–Crippen LogP) is 6.04. The smallest absolute Gasteiger partial charge is 0.417 e. The molecule has 0 aliphatic carbocycles. The van der Waals surface area contributed by atoms with Crippen molar-refractivity contribution < 1.29 is 22.7 Å². The van der Waals surface area contributed by atoms with E-state index in [1.165, 1.54) is 30.7 Å². The molecular formula is C24H19F3N6O2. The number of benzene rings is 2. The molecule has 4 aromatic rings. The van der Waals surface area contributed by atoms with Gasteiger partial charge in [-0.25, -0.2) is 14.8 Å². The van der Waals surface area contributed by atoms with Crippen LogP contribution in [0.5, 0.6) is 11.6 Å². The van der Waals surface area contributed by atoms with Crippen molar-refractivity contribution in [2.24, 2.45) is 0 Å². The molecule has 8 nitrogen and oxygen atoms in total. The van der Waals surface area contributed by atoms with E-state index in [0.29, 0.717) is 23.1 Å². The highest BCUT2D eigenvalue weighted by molar-refractivity contribution is 6.00. The fourth-order valence-electron chi connectivity index (χ4n) is 3.15. The van der Waals surface area contributed by atoms with Crippen LogP contribution in [-0.2, 0) is 6.18 Å². The van der Waals surface area contributed by atoms with Crippen LogP contribution in [0, 0.1) is 0 Å². The summed E-state index contributed by atoms with van der Waals surface area (Å²) in [4.78, 5) is 24.4. The summed E-state index contributed by atoms with van der Waals surface area (Å²) in [5.74, 6) is 1.39. The maximum atomic E-state index is 13.7. The number of alkyl halides is 3. The van der Waals surface area contributed by atoms with Gasteiger partial charge in [0, 0.05) is 36.2 Å². The summed E-state index contributed by atoms with van der Waals surface area (Å²) in [5.41, 5.74) is -0.401. The number of ether oxygens (including phenoxy) is 1. The fourth-order valence-corrected chi connectivity index (χ4v) is 3.15. The van der Waals surface area contributed by atoms with Crippen LogP contribution in [0.4, 0.5) is 35.2 Å². The lowest BCUT2D eigenvalue weighted by Crippen LogP contribution is -2.20. The third kappa shape index (κ3) is 6.02. The Labute approximate surface area is 198 Å². The molecule has 2 heterocycles. The Morgan fingerprint density at radius 2 is 1.63 bits per heavy atom. The van der Waals surface area contributed by atoms with E-state index in [4.69, 9.17) is 4.74 Å². The molecule has 4 rings (SSSR count). The number of nitrogens with zero attached hydrogens (tertiary/aromatic N) is 3. The van der Waals surface area contributed by atoms with Crippen molar-refractivity contribution in [1.29, 1.82) is 0 Å². The molecule has 0 saturated carbocycles. The summed E-state index contributed by atoms with van der Waals surface area (Å²) in [7, 11) is 1.72. The minimum Gasteiger partial charge on any atom is -0.439 e. The number of halogens is 3. The van der Waals surface area contributed by atoms with Crippen LogP contribution in [0.3, 0.4) is 0 Å². The van der Waals surface area contributed by atoms with Crippen molar-refractivity contribution in [3.05, 3.63) is 84.8 Å². The molecule has 11 heteroatoms. The van der Waals surface area contributed by atoms with E-state index in [0.717, 1.165) is 6.07 Å². The lowest BCUT2D eigenvalue weighted by atomic mass is 10.0. The molecule has 0 fully saturated rings. The second-order valence-electron chi connectivity index (χ2n) is 7.17. The first-order chi connectivity index (χ1) is 16.8. The van der Waals surface area contributed by atoms with Gasteiger partial charge in [-0.2, -0.15) is 13.2 Å². The number of amides is 2. The maximum Gasteiger partial charge on any atom is 0.417 e. The Hall–Kier alpha value is -4.67. The van der Waals surface area contributed by atoms with Crippen LogP contribution < -0.4 is 20.7 Å². The fraction of sp³-hybridized carbons (Fsp3) is 0.0833. The highest BCUT2D eigenvalue weighted by Crippen LogP contribution is 2.38. The number of carbonyl (C=O) groups excluding carboxylic acids is 1. The molecule has 2 aromatic carbocycles. The van der Waals surface area contributed by atoms with Crippen molar-refractivity contribution in [3.63, 3.8) is 0 Å². The van der Waals surface area contributed by atoms with Crippen LogP contribution in [-0.4, -0.2) is 28.0 Å². The summed E-state index contributed by atoms with van der Waals surface area (Å²) < 4.78 is 46.6. The van der Waals surface area contributed by atoms with Gasteiger partial charge >= 0.3 is 12.2 Å². The molecule has 2 amide bonds. The molecule has 0 spiro atoms. The summed E-state index contributed by atoms with van der Waals surface area (Å²) in [6.45, 7) is 0. The van der Waals surface area contributed by atoms with Crippen molar-refractivity contribution in [2.75, 3.05) is 23.0 Å². The molecule has 0 radical (unpaired) electrons. The van der Waals surface area contributed by atoms with Crippen LogP contribution in [0.15, 0.2) is 79.3 Å². The van der Waals surface area contributed by atoms with Gasteiger partial charge < -0.3 is 20.7 Å². The summed E-state index contributed by atoms with van der Waals surface area (Å²) in [5, 5.41) is 7.87. The Morgan fingerprint density at radius 3 is 2.31 bits per heavy atom. The predicted molar refractivity (Wildman–Crippen MR) is 125 cm³/mol. The first kappa shape index (κ1) is 23.5. The number of carbonyl (C=O) groups is 1. The molecule has 0 saturated heterocycles. The minimum atomic E-state index is -4.63. The summed E-state index contributed by atoms with van der Waals surface area (Å²) in [6.07, 6.45) is -1.86. The van der Waals surface area contributed by atoms with Crippen molar-refractivity contribution in [1.82, 2.24) is 15.0 Å². The minimum absolute atomic E-state index is 0.0152. The third-order valence-corrected chi connectivity index (χ3v) is 4.76. The standard InChI is InChI=1S/C24H19F3N6O2/c1-28-21-13-22(31-14-30-21)35-17-8-5-15(6-9-17)32-23(34)33-16-7-10-18(19(12-16)24(25,26)27)20-4-2-3-11-29-20/h2-14H,1H3,(H,28,30,31)(H2,32,33,34). The second-order valence-corrected chi connectivity index (χ2v) is 7.17. The third-order valence-electron chi connectivity index (χ3n) is 4.76. The number of nitrogens with one attached hydrogen (secondary N) is 3.